The van der Waals surface area contributed by atoms with Gasteiger partial charge in [0.25, 0.3) is 0 Å². The largest absolute Gasteiger partial charge is 0.450 e. The van der Waals surface area contributed by atoms with Gasteiger partial charge in [0, 0.05) is 38.4 Å². The van der Waals surface area contributed by atoms with Crippen molar-refractivity contribution in [3.05, 3.63) is 42.6 Å². The predicted molar refractivity (Wildman–Crippen MR) is 92.8 cm³/mol. The van der Waals surface area contributed by atoms with Gasteiger partial charge in [0.2, 0.25) is 0 Å². The van der Waals surface area contributed by atoms with E-state index in [4.69, 9.17) is 4.74 Å². The zero-order valence-corrected chi connectivity index (χ0v) is 14.1. The molecule has 8 heteroatoms. The van der Waals surface area contributed by atoms with Crippen molar-refractivity contribution in [2.75, 3.05) is 38.1 Å². The molecule has 0 bridgehead atoms. The molecule has 1 saturated heterocycles. The van der Waals surface area contributed by atoms with Gasteiger partial charge in [-0.2, -0.15) is 0 Å². The summed E-state index contributed by atoms with van der Waals surface area (Å²) in [5, 5.41) is 7.15. The smallest absolute Gasteiger partial charge is 0.409 e. The normalized spacial score (nSPS) is 14.3. The molecule has 0 atom stereocenters. The minimum atomic E-state index is -0.329. The molecule has 1 fully saturated rings. The first-order chi connectivity index (χ1) is 12.2. The number of ether oxygens (including phenoxy) is 1. The van der Waals surface area contributed by atoms with Crippen LogP contribution in [0.4, 0.5) is 15.4 Å². The molecule has 3 rings (SSSR count). The average Bonchev–Trinajstić information content (AvgIpc) is 3.11. The summed E-state index contributed by atoms with van der Waals surface area (Å²) in [6, 6.07) is 11.2. The Labute approximate surface area is 146 Å². The number of hydrogen-bond donors (Lipinski definition) is 1. The fraction of sp³-hybridized carbons (Fsp3) is 0.353. The van der Waals surface area contributed by atoms with Crippen LogP contribution in [-0.4, -0.2) is 64.5 Å². The maximum Gasteiger partial charge on any atom is 0.409 e. The van der Waals surface area contributed by atoms with E-state index >= 15 is 0 Å². The molecule has 1 aliphatic heterocycles. The highest BCUT2D eigenvalue weighted by Gasteiger charge is 2.25. The van der Waals surface area contributed by atoms with Gasteiger partial charge in [0.15, 0.2) is 5.82 Å². The van der Waals surface area contributed by atoms with Crippen molar-refractivity contribution in [3.8, 4) is 5.69 Å². The van der Waals surface area contributed by atoms with Crippen molar-refractivity contribution in [3.63, 3.8) is 0 Å². The lowest BCUT2D eigenvalue weighted by Gasteiger charge is -2.33. The molecule has 1 aromatic carbocycles. The Morgan fingerprint density at radius 3 is 2.44 bits per heavy atom. The van der Waals surface area contributed by atoms with E-state index in [1.807, 2.05) is 30.3 Å². The maximum absolute atomic E-state index is 12.3. The number of anilines is 1. The molecule has 2 heterocycles. The first kappa shape index (κ1) is 16.8. The molecular formula is C17H21N5O3. The zero-order chi connectivity index (χ0) is 17.6. The van der Waals surface area contributed by atoms with E-state index < -0.39 is 0 Å². The van der Waals surface area contributed by atoms with Gasteiger partial charge in [-0.3, -0.25) is 5.32 Å². The van der Waals surface area contributed by atoms with Crippen LogP contribution in [0.5, 0.6) is 0 Å². The number of carbonyl (C=O) groups excluding carboxylic acids is 2. The molecule has 1 N–H and O–H groups in total. The number of aromatic nitrogens is 2. The number of benzene rings is 1. The van der Waals surface area contributed by atoms with Gasteiger partial charge in [-0.05, 0) is 19.1 Å². The molecule has 132 valence electrons. The highest BCUT2D eigenvalue weighted by Crippen LogP contribution is 2.11. The SMILES string of the molecule is CCOC(=O)N1CCN(C(=O)Nc2ccn(-c3ccccc3)n2)CC1. The van der Waals surface area contributed by atoms with Crippen molar-refractivity contribution in [1.82, 2.24) is 19.6 Å². The highest BCUT2D eigenvalue weighted by molar-refractivity contribution is 5.88. The van der Waals surface area contributed by atoms with Gasteiger partial charge < -0.3 is 14.5 Å². The first-order valence-corrected chi connectivity index (χ1v) is 8.26. The third kappa shape index (κ3) is 4.09. The van der Waals surface area contributed by atoms with Crippen LogP contribution < -0.4 is 5.32 Å². The number of amides is 3. The molecule has 0 spiro atoms. The van der Waals surface area contributed by atoms with Gasteiger partial charge in [-0.1, -0.05) is 18.2 Å². The number of urea groups is 1. The van der Waals surface area contributed by atoms with Crippen LogP contribution in [-0.2, 0) is 4.74 Å². The van der Waals surface area contributed by atoms with E-state index in [2.05, 4.69) is 10.4 Å². The molecular weight excluding hydrogens is 322 g/mol. The fourth-order valence-corrected chi connectivity index (χ4v) is 2.61. The molecule has 1 aliphatic rings. The van der Waals surface area contributed by atoms with E-state index in [-0.39, 0.29) is 12.1 Å². The quantitative estimate of drug-likeness (QED) is 0.926. The summed E-state index contributed by atoms with van der Waals surface area (Å²) in [5.41, 5.74) is 0.922. The maximum atomic E-state index is 12.3. The van der Waals surface area contributed by atoms with E-state index in [0.717, 1.165) is 5.69 Å². The minimum Gasteiger partial charge on any atom is -0.450 e. The van der Waals surface area contributed by atoms with Gasteiger partial charge >= 0.3 is 12.1 Å². The third-order valence-electron chi connectivity index (χ3n) is 3.94. The summed E-state index contributed by atoms with van der Waals surface area (Å²) in [6.45, 7) is 3.98. The zero-order valence-electron chi connectivity index (χ0n) is 14.1. The molecule has 0 unspecified atom stereocenters. The summed E-state index contributed by atoms with van der Waals surface area (Å²) in [6.07, 6.45) is 1.47. The summed E-state index contributed by atoms with van der Waals surface area (Å²) < 4.78 is 6.68. The Morgan fingerprint density at radius 1 is 1.08 bits per heavy atom. The van der Waals surface area contributed by atoms with E-state index in [9.17, 15) is 9.59 Å². The van der Waals surface area contributed by atoms with E-state index in [0.29, 0.717) is 38.6 Å². The number of carbonyl (C=O) groups is 2. The molecule has 1 aromatic heterocycles. The molecule has 2 aromatic rings. The highest BCUT2D eigenvalue weighted by atomic mass is 16.6. The number of nitrogens with one attached hydrogen (secondary N) is 1. The van der Waals surface area contributed by atoms with Gasteiger partial charge in [0.05, 0.1) is 12.3 Å². The van der Waals surface area contributed by atoms with Crippen LogP contribution in [0.25, 0.3) is 5.69 Å². The Kier molecular flexibility index (Phi) is 5.17. The molecule has 0 saturated carbocycles. The second kappa shape index (κ2) is 7.69. The van der Waals surface area contributed by atoms with E-state index in [1.165, 1.54) is 0 Å². The molecule has 8 nitrogen and oxygen atoms in total. The lowest BCUT2D eigenvalue weighted by atomic mass is 10.3. The fourth-order valence-electron chi connectivity index (χ4n) is 2.61. The monoisotopic (exact) mass is 343 g/mol. The number of piperazine rings is 1. The van der Waals surface area contributed by atoms with Crippen LogP contribution in [0, 0.1) is 0 Å². The second-order valence-corrected chi connectivity index (χ2v) is 5.58. The predicted octanol–water partition coefficient (Wildman–Crippen LogP) is 2.18. The van der Waals surface area contributed by atoms with E-state index in [1.54, 1.807) is 33.7 Å². The average molecular weight is 343 g/mol. The topological polar surface area (TPSA) is 79.7 Å². The first-order valence-electron chi connectivity index (χ1n) is 8.26. The lowest BCUT2D eigenvalue weighted by molar-refractivity contribution is 0.0868. The van der Waals surface area contributed by atoms with Crippen LogP contribution in [0.1, 0.15) is 6.92 Å². The van der Waals surface area contributed by atoms with Crippen molar-refractivity contribution < 1.29 is 14.3 Å². The van der Waals surface area contributed by atoms with Crippen molar-refractivity contribution in [2.45, 2.75) is 6.92 Å². The summed E-state index contributed by atoms with van der Waals surface area (Å²) >= 11 is 0. The van der Waals surface area contributed by atoms with Crippen molar-refractivity contribution in [2.24, 2.45) is 0 Å². The number of hydrogen-bond acceptors (Lipinski definition) is 4. The number of rotatable bonds is 3. The number of para-hydroxylation sites is 1. The summed E-state index contributed by atoms with van der Waals surface area (Å²) in [4.78, 5) is 27.3. The van der Waals surface area contributed by atoms with Crippen molar-refractivity contribution in [1.29, 1.82) is 0 Å². The molecule has 0 aliphatic carbocycles. The third-order valence-corrected chi connectivity index (χ3v) is 3.94. The molecule has 25 heavy (non-hydrogen) atoms. The molecule has 0 radical (unpaired) electrons. The van der Waals surface area contributed by atoms with Gasteiger partial charge in [0.1, 0.15) is 0 Å². The Bertz CT molecular complexity index is 723. The Balaban J connectivity index is 1.54. The van der Waals surface area contributed by atoms with Crippen molar-refractivity contribution >= 4 is 17.9 Å². The Morgan fingerprint density at radius 2 is 1.76 bits per heavy atom. The standard InChI is InChI=1S/C17H21N5O3/c1-2-25-17(24)21-12-10-20(11-13-21)16(23)18-15-8-9-22(19-15)14-6-4-3-5-7-14/h3-9H,2,10-13H2,1H3,(H,18,19,23). The minimum absolute atomic E-state index is 0.221. The Hall–Kier alpha value is -3.03. The second-order valence-electron chi connectivity index (χ2n) is 5.58. The molecule has 3 amide bonds. The van der Waals surface area contributed by atoms with Crippen LogP contribution >= 0.6 is 0 Å². The summed E-state index contributed by atoms with van der Waals surface area (Å²) in [7, 11) is 0. The lowest BCUT2D eigenvalue weighted by Crippen LogP contribution is -2.51. The van der Waals surface area contributed by atoms with Gasteiger partial charge in [-0.15, -0.1) is 5.10 Å². The van der Waals surface area contributed by atoms with Crippen LogP contribution in [0.2, 0.25) is 0 Å². The van der Waals surface area contributed by atoms with Crippen LogP contribution in [0.15, 0.2) is 42.6 Å². The van der Waals surface area contributed by atoms with Gasteiger partial charge in [-0.25, -0.2) is 14.3 Å². The number of nitrogens with zero attached hydrogens (tertiary/aromatic N) is 4. The summed E-state index contributed by atoms with van der Waals surface area (Å²) in [5.74, 6) is 0.488. The van der Waals surface area contributed by atoms with Crippen LogP contribution in [0.3, 0.4) is 0 Å².